The van der Waals surface area contributed by atoms with E-state index < -0.39 is 0 Å². The van der Waals surface area contributed by atoms with E-state index in [0.29, 0.717) is 12.1 Å². The molecule has 0 saturated carbocycles. The van der Waals surface area contributed by atoms with Crippen molar-refractivity contribution in [3.8, 4) is 5.69 Å². The van der Waals surface area contributed by atoms with Crippen LogP contribution in [0.25, 0.3) is 5.69 Å². The van der Waals surface area contributed by atoms with Crippen molar-refractivity contribution in [1.29, 1.82) is 0 Å². The molecule has 5 nitrogen and oxygen atoms in total. The number of carbonyl (C=O) groups is 1. The molecule has 1 aliphatic rings. The van der Waals surface area contributed by atoms with Gasteiger partial charge in [-0.25, -0.2) is 4.98 Å². The Morgan fingerprint density at radius 1 is 1.17 bits per heavy atom. The Hall–Kier alpha value is -2.92. The Morgan fingerprint density at radius 3 is 2.70 bits per heavy atom. The van der Waals surface area contributed by atoms with Crippen LogP contribution >= 0.6 is 0 Å². The number of hydrogen-bond donors (Lipinski definition) is 1. The normalized spacial score (nSPS) is 17.1. The molecule has 2 heterocycles. The number of piperidine rings is 1. The molecule has 1 aromatic heterocycles. The predicted octanol–water partition coefficient (Wildman–Crippen LogP) is 4.34. The maximum atomic E-state index is 12.7. The summed E-state index contributed by atoms with van der Waals surface area (Å²) in [6, 6.07) is 16.1. The molecule has 1 unspecified atom stereocenters. The molecule has 1 aliphatic heterocycles. The van der Waals surface area contributed by atoms with Crippen molar-refractivity contribution in [3.63, 3.8) is 0 Å². The molecule has 1 amide bonds. The standard InChI is InChI=1S/C25H30N4O/c1-19-6-5-14-28(17-19)18-21-9-11-22(12-10-21)25(30)27-16-23-7-3-4-8-24(23)29-15-13-26-20(29)2/h3-4,7-13,15,19H,5-6,14,16-18H2,1-2H3,(H,27,30). The predicted molar refractivity (Wildman–Crippen MR) is 120 cm³/mol. The molecule has 5 heteroatoms. The number of aromatic nitrogens is 2. The molecular formula is C25H30N4O. The van der Waals surface area contributed by atoms with Crippen LogP contribution in [0.5, 0.6) is 0 Å². The van der Waals surface area contributed by atoms with Crippen LogP contribution < -0.4 is 5.32 Å². The lowest BCUT2D eigenvalue weighted by Gasteiger charge is -2.30. The first kappa shape index (κ1) is 20.4. The Kier molecular flexibility index (Phi) is 6.29. The third kappa shape index (κ3) is 4.79. The van der Waals surface area contributed by atoms with Gasteiger partial charge in [-0.15, -0.1) is 0 Å². The summed E-state index contributed by atoms with van der Waals surface area (Å²) >= 11 is 0. The number of amides is 1. The average molecular weight is 403 g/mol. The van der Waals surface area contributed by atoms with Crippen molar-refractivity contribution >= 4 is 5.91 Å². The lowest BCUT2D eigenvalue weighted by molar-refractivity contribution is 0.0951. The summed E-state index contributed by atoms with van der Waals surface area (Å²) in [4.78, 5) is 19.5. The molecule has 0 spiro atoms. The molecule has 0 aliphatic carbocycles. The van der Waals surface area contributed by atoms with E-state index in [4.69, 9.17) is 0 Å². The van der Waals surface area contributed by atoms with Crippen molar-refractivity contribution in [3.05, 3.63) is 83.4 Å². The highest BCUT2D eigenvalue weighted by Crippen LogP contribution is 2.19. The number of benzene rings is 2. The number of rotatable bonds is 6. The van der Waals surface area contributed by atoms with Gasteiger partial charge in [-0.1, -0.05) is 37.3 Å². The number of hydrogen-bond acceptors (Lipinski definition) is 3. The molecule has 4 rings (SSSR count). The molecule has 1 N–H and O–H groups in total. The molecule has 0 radical (unpaired) electrons. The third-order valence-corrected chi connectivity index (χ3v) is 5.88. The van der Waals surface area contributed by atoms with E-state index in [1.165, 1.54) is 24.9 Å². The Labute approximate surface area is 178 Å². The van der Waals surface area contributed by atoms with Crippen LogP contribution in [0.3, 0.4) is 0 Å². The van der Waals surface area contributed by atoms with Crippen LogP contribution in [0, 0.1) is 12.8 Å². The molecular weight excluding hydrogens is 372 g/mol. The fourth-order valence-corrected chi connectivity index (χ4v) is 4.26. The topological polar surface area (TPSA) is 50.2 Å². The van der Waals surface area contributed by atoms with Crippen LogP contribution in [-0.4, -0.2) is 33.4 Å². The summed E-state index contributed by atoms with van der Waals surface area (Å²) in [5.74, 6) is 1.65. The van der Waals surface area contributed by atoms with Crippen molar-refractivity contribution in [1.82, 2.24) is 19.8 Å². The van der Waals surface area contributed by atoms with Crippen molar-refractivity contribution in [2.75, 3.05) is 13.1 Å². The zero-order valence-electron chi connectivity index (χ0n) is 17.8. The Morgan fingerprint density at radius 2 is 1.97 bits per heavy atom. The summed E-state index contributed by atoms with van der Waals surface area (Å²) in [5.41, 5.74) is 4.06. The second kappa shape index (κ2) is 9.26. The number of nitrogens with zero attached hydrogens (tertiary/aromatic N) is 3. The van der Waals surface area contributed by atoms with Crippen LogP contribution in [0.15, 0.2) is 60.9 Å². The minimum atomic E-state index is -0.0506. The lowest BCUT2D eigenvalue weighted by atomic mass is 9.99. The minimum absolute atomic E-state index is 0.0506. The van der Waals surface area contributed by atoms with Crippen LogP contribution in [-0.2, 0) is 13.1 Å². The molecule has 156 valence electrons. The van der Waals surface area contributed by atoms with E-state index in [1.54, 1.807) is 6.20 Å². The zero-order chi connectivity index (χ0) is 20.9. The van der Waals surface area contributed by atoms with Crippen molar-refractivity contribution in [2.45, 2.75) is 39.8 Å². The summed E-state index contributed by atoms with van der Waals surface area (Å²) in [7, 11) is 0. The number of carbonyl (C=O) groups excluding carboxylic acids is 1. The maximum Gasteiger partial charge on any atom is 0.251 e. The number of nitrogens with one attached hydrogen (secondary N) is 1. The number of likely N-dealkylation sites (tertiary alicyclic amines) is 1. The summed E-state index contributed by atoms with van der Waals surface area (Å²) in [6.45, 7) is 8.07. The van der Waals surface area contributed by atoms with Gasteiger partial charge in [0.05, 0.1) is 5.69 Å². The van der Waals surface area contributed by atoms with E-state index >= 15 is 0 Å². The summed E-state index contributed by atoms with van der Waals surface area (Å²) < 4.78 is 2.04. The van der Waals surface area contributed by atoms with Gasteiger partial charge in [0.15, 0.2) is 0 Å². The van der Waals surface area contributed by atoms with Gasteiger partial charge >= 0.3 is 0 Å². The number of imidazole rings is 1. The SMILES string of the molecule is Cc1nccn1-c1ccccc1CNC(=O)c1ccc(CN2CCCC(C)C2)cc1. The van der Waals surface area contributed by atoms with Gasteiger partial charge in [0, 0.05) is 37.6 Å². The van der Waals surface area contributed by atoms with Crippen LogP contribution in [0.4, 0.5) is 0 Å². The molecule has 30 heavy (non-hydrogen) atoms. The number of aryl methyl sites for hydroxylation is 1. The van der Waals surface area contributed by atoms with Crippen molar-refractivity contribution < 1.29 is 4.79 Å². The fraction of sp³-hybridized carbons (Fsp3) is 0.360. The first-order valence-electron chi connectivity index (χ1n) is 10.8. The third-order valence-electron chi connectivity index (χ3n) is 5.88. The first-order chi connectivity index (χ1) is 14.6. The van der Waals surface area contributed by atoms with E-state index in [1.807, 2.05) is 54.1 Å². The molecule has 0 bridgehead atoms. The highest BCUT2D eigenvalue weighted by molar-refractivity contribution is 5.94. The quantitative estimate of drug-likeness (QED) is 0.667. The molecule has 2 aromatic carbocycles. The minimum Gasteiger partial charge on any atom is -0.348 e. The second-order valence-electron chi connectivity index (χ2n) is 8.34. The van der Waals surface area contributed by atoms with Gasteiger partial charge in [-0.3, -0.25) is 9.69 Å². The van der Waals surface area contributed by atoms with Gasteiger partial charge in [0.1, 0.15) is 5.82 Å². The first-order valence-corrected chi connectivity index (χ1v) is 10.8. The smallest absolute Gasteiger partial charge is 0.251 e. The molecule has 3 aromatic rings. The molecule has 1 saturated heterocycles. The fourth-order valence-electron chi connectivity index (χ4n) is 4.26. The summed E-state index contributed by atoms with van der Waals surface area (Å²) in [5, 5.41) is 3.06. The van der Waals surface area contributed by atoms with Gasteiger partial charge in [-0.2, -0.15) is 0 Å². The van der Waals surface area contributed by atoms with Gasteiger partial charge in [0.25, 0.3) is 5.91 Å². The largest absolute Gasteiger partial charge is 0.348 e. The second-order valence-corrected chi connectivity index (χ2v) is 8.34. The van der Waals surface area contributed by atoms with Crippen molar-refractivity contribution in [2.24, 2.45) is 5.92 Å². The van der Waals surface area contributed by atoms with Gasteiger partial charge < -0.3 is 9.88 Å². The number of para-hydroxylation sites is 1. The van der Waals surface area contributed by atoms with E-state index in [-0.39, 0.29) is 5.91 Å². The lowest BCUT2D eigenvalue weighted by Crippen LogP contribution is -2.33. The van der Waals surface area contributed by atoms with Crippen LogP contribution in [0.1, 0.15) is 47.1 Å². The maximum absolute atomic E-state index is 12.7. The van der Waals surface area contributed by atoms with Gasteiger partial charge in [-0.05, 0) is 61.6 Å². The van der Waals surface area contributed by atoms with Gasteiger partial charge in [0.2, 0.25) is 0 Å². The average Bonchev–Trinajstić information content (AvgIpc) is 3.18. The van der Waals surface area contributed by atoms with Crippen LogP contribution in [0.2, 0.25) is 0 Å². The highest BCUT2D eigenvalue weighted by atomic mass is 16.1. The van der Waals surface area contributed by atoms with E-state index in [0.717, 1.165) is 36.1 Å². The highest BCUT2D eigenvalue weighted by Gasteiger charge is 2.16. The zero-order valence-corrected chi connectivity index (χ0v) is 17.8. The van der Waals surface area contributed by atoms with E-state index in [9.17, 15) is 4.79 Å². The monoisotopic (exact) mass is 402 g/mol. The molecule has 1 fully saturated rings. The summed E-state index contributed by atoms with van der Waals surface area (Å²) in [6.07, 6.45) is 6.34. The molecule has 1 atom stereocenters. The van der Waals surface area contributed by atoms with E-state index in [2.05, 4.69) is 34.3 Å². The Balaban J connectivity index is 1.38. The Bertz CT molecular complexity index is 992.